The summed E-state index contributed by atoms with van der Waals surface area (Å²) in [7, 11) is -4.44. The fraction of sp³-hybridized carbons (Fsp3) is 0.800. The van der Waals surface area contributed by atoms with Gasteiger partial charge in [-0.15, -0.1) is 0 Å². The number of hydrogen-bond acceptors (Lipinski definition) is 11. The molecule has 1 unspecified atom stereocenters. The van der Waals surface area contributed by atoms with Gasteiger partial charge in [-0.1, -0.05) is 134 Å². The number of Topliss-reactive ketones (excluding diaryl/α,β-unsaturated/α-hetero) is 1. The van der Waals surface area contributed by atoms with Crippen molar-refractivity contribution in [3.63, 3.8) is 0 Å². The Bertz CT molecular complexity index is 1210. The molecule has 0 aromatic rings. The summed E-state index contributed by atoms with van der Waals surface area (Å²) in [5.74, 6) is -1.74. The molecule has 13 heteroatoms. The fourth-order valence-electron chi connectivity index (χ4n) is 6.90. The van der Waals surface area contributed by atoms with Crippen LogP contribution in [-0.4, -0.2) is 77.5 Å². The van der Waals surface area contributed by atoms with Gasteiger partial charge in [-0.2, -0.15) is 0 Å². The number of ketones is 1. The highest BCUT2D eigenvalue weighted by atomic mass is 31.2. The van der Waals surface area contributed by atoms with Crippen molar-refractivity contribution in [2.24, 2.45) is 17.6 Å². The molecule has 6 atom stereocenters. The molecule has 0 bridgehead atoms. The molecule has 0 radical (unpaired) electrons. The number of ether oxygens (including phenoxy) is 2. The van der Waals surface area contributed by atoms with Crippen molar-refractivity contribution in [1.82, 2.24) is 0 Å². The zero-order chi connectivity index (χ0) is 42.7. The molecule has 58 heavy (non-hydrogen) atoms. The Kier molecular flexibility index (Phi) is 33.0. The van der Waals surface area contributed by atoms with Crippen molar-refractivity contribution in [3.05, 3.63) is 36.5 Å². The molecule has 1 saturated carbocycles. The maximum absolute atomic E-state index is 12.6. The monoisotopic (exact) mass is 842 g/mol. The molecule has 1 aliphatic carbocycles. The summed E-state index contributed by atoms with van der Waals surface area (Å²) in [6, 6.07) is 0. The first-order valence-electron chi connectivity index (χ1n) is 22.6. The van der Waals surface area contributed by atoms with Crippen LogP contribution in [-0.2, 0) is 37.5 Å². The third-order valence-corrected chi connectivity index (χ3v) is 11.4. The average Bonchev–Trinajstić information content (AvgIpc) is 3.47. The van der Waals surface area contributed by atoms with Crippen molar-refractivity contribution < 1.29 is 52.6 Å². The van der Waals surface area contributed by atoms with Gasteiger partial charge in [0.2, 0.25) is 0 Å². The van der Waals surface area contributed by atoms with Crippen LogP contribution in [0, 0.1) is 11.8 Å². The number of rotatable bonds is 38. The van der Waals surface area contributed by atoms with Crippen molar-refractivity contribution in [3.8, 4) is 0 Å². The summed E-state index contributed by atoms with van der Waals surface area (Å²) in [4.78, 5) is 47.6. The van der Waals surface area contributed by atoms with Crippen LogP contribution in [0.5, 0.6) is 0 Å². The molecule has 336 valence electrons. The van der Waals surface area contributed by atoms with E-state index < -0.39 is 44.7 Å². The third kappa shape index (κ3) is 29.1. The second-order valence-electron chi connectivity index (χ2n) is 15.7. The van der Waals surface area contributed by atoms with Crippen molar-refractivity contribution in [1.29, 1.82) is 0 Å². The first-order valence-corrected chi connectivity index (χ1v) is 24.1. The zero-order valence-corrected chi connectivity index (χ0v) is 36.9. The van der Waals surface area contributed by atoms with E-state index in [9.17, 15) is 34.1 Å². The molecular formula is C45H80NO11P. The molecule has 1 aliphatic rings. The Labute approximate surface area is 350 Å². The molecule has 1 fully saturated rings. The van der Waals surface area contributed by atoms with E-state index in [-0.39, 0.29) is 56.6 Å². The van der Waals surface area contributed by atoms with Gasteiger partial charge in [-0.25, -0.2) is 4.57 Å². The molecule has 0 spiro atoms. The smallest absolute Gasteiger partial charge is 0.462 e. The number of esters is 2. The lowest BCUT2D eigenvalue weighted by Crippen LogP contribution is -2.29. The molecule has 0 aromatic heterocycles. The Hall–Kier alpha value is -2.18. The lowest BCUT2D eigenvalue weighted by atomic mass is 9.90. The van der Waals surface area contributed by atoms with Gasteiger partial charge in [0.05, 0.1) is 25.4 Å². The number of hydrogen-bond donors (Lipinski definition) is 4. The summed E-state index contributed by atoms with van der Waals surface area (Å²) in [6.07, 6.45) is 32.5. The summed E-state index contributed by atoms with van der Waals surface area (Å²) in [5.41, 5.74) is 5.34. The van der Waals surface area contributed by atoms with Gasteiger partial charge in [0, 0.05) is 37.6 Å². The van der Waals surface area contributed by atoms with Crippen LogP contribution >= 0.6 is 7.82 Å². The molecular weight excluding hydrogens is 761 g/mol. The number of carbonyl (C=O) groups is 3. The minimum atomic E-state index is -4.44. The van der Waals surface area contributed by atoms with Gasteiger partial charge >= 0.3 is 19.8 Å². The largest absolute Gasteiger partial charge is 0.472 e. The maximum atomic E-state index is 12.6. The fourth-order valence-corrected chi connectivity index (χ4v) is 7.67. The van der Waals surface area contributed by atoms with E-state index in [1.54, 1.807) is 12.2 Å². The van der Waals surface area contributed by atoms with E-state index in [2.05, 4.69) is 26.0 Å². The predicted molar refractivity (Wildman–Crippen MR) is 230 cm³/mol. The van der Waals surface area contributed by atoms with Gasteiger partial charge in [0.15, 0.2) is 6.10 Å². The molecule has 0 aromatic carbocycles. The summed E-state index contributed by atoms with van der Waals surface area (Å²) >= 11 is 0. The Morgan fingerprint density at radius 2 is 1.34 bits per heavy atom. The Morgan fingerprint density at radius 1 is 0.776 bits per heavy atom. The highest BCUT2D eigenvalue weighted by Crippen LogP contribution is 2.43. The number of nitrogens with two attached hydrogens (primary N) is 1. The Balaban J connectivity index is 2.38. The molecule has 12 nitrogen and oxygen atoms in total. The van der Waals surface area contributed by atoms with Crippen LogP contribution in [0.3, 0.4) is 0 Å². The summed E-state index contributed by atoms with van der Waals surface area (Å²) < 4.78 is 32.7. The van der Waals surface area contributed by atoms with Crippen LogP contribution in [0.25, 0.3) is 0 Å². The van der Waals surface area contributed by atoms with Crippen molar-refractivity contribution in [2.45, 2.75) is 193 Å². The van der Waals surface area contributed by atoms with Crippen LogP contribution in [0.15, 0.2) is 36.5 Å². The summed E-state index contributed by atoms with van der Waals surface area (Å²) in [6.45, 7) is 3.31. The van der Waals surface area contributed by atoms with Gasteiger partial charge in [-0.05, 0) is 57.8 Å². The molecule has 0 amide bonds. The van der Waals surface area contributed by atoms with E-state index >= 15 is 0 Å². The van der Waals surface area contributed by atoms with Crippen LogP contribution in [0.1, 0.15) is 174 Å². The first kappa shape index (κ1) is 53.8. The average molecular weight is 842 g/mol. The number of allylic oxidation sites excluding steroid dienone is 4. The van der Waals surface area contributed by atoms with E-state index in [0.717, 1.165) is 44.9 Å². The predicted octanol–water partition coefficient (Wildman–Crippen LogP) is 9.53. The van der Waals surface area contributed by atoms with Crippen LogP contribution < -0.4 is 5.73 Å². The van der Waals surface area contributed by atoms with Gasteiger partial charge in [0.1, 0.15) is 12.4 Å². The van der Waals surface area contributed by atoms with E-state index in [0.29, 0.717) is 32.1 Å². The summed E-state index contributed by atoms with van der Waals surface area (Å²) in [5, 5.41) is 20.7. The molecule has 0 aliphatic heterocycles. The quantitative estimate of drug-likeness (QED) is 0.0200. The molecule has 5 N–H and O–H groups in total. The first-order chi connectivity index (χ1) is 28.0. The highest BCUT2D eigenvalue weighted by Gasteiger charge is 2.39. The molecule has 0 heterocycles. The SMILES string of the molecule is CCCCCCCC/C=C\CCCCCCCCCC(=O)O[C@H](COC(=O)CCC/C=C\C[C@H]1C(=O)C[C@@H](O)[C@@H]1/C=C/[C@@H](O)CCCCC)COP(=O)(O)OCCN. The van der Waals surface area contributed by atoms with Gasteiger partial charge in [-0.3, -0.25) is 23.4 Å². The van der Waals surface area contributed by atoms with Crippen molar-refractivity contribution in [2.75, 3.05) is 26.4 Å². The highest BCUT2D eigenvalue weighted by molar-refractivity contribution is 7.47. The van der Waals surface area contributed by atoms with E-state index in [1.165, 1.54) is 64.2 Å². The topological polar surface area (TPSA) is 192 Å². The molecule has 0 saturated heterocycles. The number of phosphoric acid groups is 1. The minimum Gasteiger partial charge on any atom is -0.462 e. The second-order valence-corrected chi connectivity index (χ2v) is 17.1. The number of phosphoric ester groups is 1. The van der Waals surface area contributed by atoms with E-state index in [1.807, 2.05) is 12.2 Å². The maximum Gasteiger partial charge on any atom is 0.472 e. The van der Waals surface area contributed by atoms with Crippen LogP contribution in [0.4, 0.5) is 0 Å². The van der Waals surface area contributed by atoms with Crippen molar-refractivity contribution >= 4 is 25.5 Å². The Morgan fingerprint density at radius 3 is 2.00 bits per heavy atom. The van der Waals surface area contributed by atoms with Gasteiger partial charge in [0.25, 0.3) is 0 Å². The molecule has 1 rings (SSSR count). The lowest BCUT2D eigenvalue weighted by Gasteiger charge is -2.19. The third-order valence-electron chi connectivity index (χ3n) is 10.4. The number of aliphatic hydroxyl groups excluding tert-OH is 2. The van der Waals surface area contributed by atoms with E-state index in [4.69, 9.17) is 24.3 Å². The number of unbranched alkanes of at least 4 members (excludes halogenated alkanes) is 16. The normalized spacial score (nSPS) is 19.3. The standard InChI is InChI=1S/C45H80NO11P/c1-3-5-7-8-9-10-11-12-13-14-15-16-17-18-19-20-26-30-45(51)57-39(37-56-58(52,53)55-34-33-46)36-54-44(50)29-25-22-21-24-28-40-41(43(49)35-42(40)48)32-31-38(47)27-23-6-4-2/h12-13,21,24,31-32,38-41,43,47,49H,3-11,14-20,22-23,25-30,33-37,46H2,1-2H3,(H,52,53)/b13-12-,24-21-,32-31+/t38-,39+,40+,41+,43+/m0/s1. The minimum absolute atomic E-state index is 0.00278. The lowest BCUT2D eigenvalue weighted by molar-refractivity contribution is -0.161. The number of carbonyl (C=O) groups excluding carboxylic acids is 3. The van der Waals surface area contributed by atoms with Crippen LogP contribution in [0.2, 0.25) is 0 Å². The number of aliphatic hydroxyl groups is 2. The zero-order valence-electron chi connectivity index (χ0n) is 36.0. The second kappa shape index (κ2) is 35.6. The van der Waals surface area contributed by atoms with Gasteiger partial charge < -0.3 is 30.3 Å².